The maximum atomic E-state index is 5.18. The van der Waals surface area contributed by atoms with Crippen molar-refractivity contribution in [2.45, 2.75) is 64.6 Å². The minimum absolute atomic E-state index is 0.201. The van der Waals surface area contributed by atoms with Crippen LogP contribution in [0.3, 0.4) is 0 Å². The Balaban J connectivity index is 0.000000255. The second-order valence-electron chi connectivity index (χ2n) is 3.66. The van der Waals surface area contributed by atoms with Gasteiger partial charge in [0.2, 0.25) is 0 Å². The Morgan fingerprint density at radius 3 is 2.00 bits per heavy atom. The van der Waals surface area contributed by atoms with Crippen LogP contribution in [0.15, 0.2) is 0 Å². The van der Waals surface area contributed by atoms with Crippen molar-refractivity contribution >= 4 is 23.7 Å². The van der Waals surface area contributed by atoms with E-state index in [1.807, 2.05) is 13.8 Å². The summed E-state index contributed by atoms with van der Waals surface area (Å²) in [6, 6.07) is 0. The maximum Gasteiger partial charge on any atom is 0.0790 e. The summed E-state index contributed by atoms with van der Waals surface area (Å²) in [5, 5.41) is 0. The lowest BCUT2D eigenvalue weighted by Gasteiger charge is -2.17. The van der Waals surface area contributed by atoms with E-state index in [1.54, 1.807) is 0 Å². The standard InChI is InChI=1S/C6H11ClO.C4H9ClO/c7-8-6-4-2-1-3-5-6;1-3-4(2)6-5/h6H,1-5H2;4H,3H2,1-2H3. The van der Waals surface area contributed by atoms with Crippen LogP contribution in [0.1, 0.15) is 52.4 Å². The molecule has 1 atom stereocenters. The number of hydrogen-bond acceptors (Lipinski definition) is 2. The van der Waals surface area contributed by atoms with Gasteiger partial charge in [0.25, 0.3) is 0 Å². The molecule has 0 spiro atoms. The van der Waals surface area contributed by atoms with E-state index >= 15 is 0 Å². The number of hydrogen-bond donors (Lipinski definition) is 0. The fourth-order valence-electron chi connectivity index (χ4n) is 1.22. The van der Waals surface area contributed by atoms with Gasteiger partial charge in [0.05, 0.1) is 35.9 Å². The highest BCUT2D eigenvalue weighted by atomic mass is 35.5. The largest absolute Gasteiger partial charge is 0.276 e. The first-order valence-electron chi connectivity index (χ1n) is 5.29. The fourth-order valence-corrected chi connectivity index (χ4v) is 1.52. The quantitative estimate of drug-likeness (QED) is 0.729. The lowest BCUT2D eigenvalue weighted by atomic mass is 9.98. The molecule has 0 saturated heterocycles. The molecule has 1 rings (SSSR count). The van der Waals surface area contributed by atoms with Gasteiger partial charge in [-0.05, 0) is 26.2 Å². The summed E-state index contributed by atoms with van der Waals surface area (Å²) in [4.78, 5) is 0. The van der Waals surface area contributed by atoms with Gasteiger partial charge >= 0.3 is 0 Å². The Kier molecular flexibility index (Phi) is 10.4. The molecule has 0 aromatic rings. The Labute approximate surface area is 97.2 Å². The SMILES string of the molecule is CCC(C)OCl.ClOC1CCCCC1. The predicted molar refractivity (Wildman–Crippen MR) is 60.5 cm³/mol. The van der Waals surface area contributed by atoms with Crippen LogP contribution in [0.5, 0.6) is 0 Å². The Hall–Kier alpha value is 0.500. The van der Waals surface area contributed by atoms with Crippen molar-refractivity contribution in [3.05, 3.63) is 0 Å². The first-order chi connectivity index (χ1) is 6.74. The van der Waals surface area contributed by atoms with Gasteiger partial charge in [-0.25, -0.2) is 0 Å². The third-order valence-corrected chi connectivity index (χ3v) is 2.96. The molecule has 1 aliphatic carbocycles. The molecule has 0 amide bonds. The summed E-state index contributed by atoms with van der Waals surface area (Å²) in [5.74, 6) is 0. The van der Waals surface area contributed by atoms with Crippen LogP contribution in [0.4, 0.5) is 0 Å². The van der Waals surface area contributed by atoms with Gasteiger partial charge in [0, 0.05) is 0 Å². The lowest BCUT2D eigenvalue weighted by Crippen LogP contribution is -2.11. The van der Waals surface area contributed by atoms with E-state index in [1.165, 1.54) is 19.3 Å². The summed E-state index contributed by atoms with van der Waals surface area (Å²) < 4.78 is 9.03. The molecule has 0 N–H and O–H groups in total. The molecule has 1 fully saturated rings. The second kappa shape index (κ2) is 10.0. The molecular formula is C10H20Cl2O2. The minimum Gasteiger partial charge on any atom is -0.276 e. The average molecular weight is 243 g/mol. The summed E-state index contributed by atoms with van der Waals surface area (Å²) in [7, 11) is 0. The van der Waals surface area contributed by atoms with Crippen molar-refractivity contribution in [1.82, 2.24) is 0 Å². The highest BCUT2D eigenvalue weighted by Gasteiger charge is 2.12. The van der Waals surface area contributed by atoms with E-state index in [2.05, 4.69) is 8.58 Å². The van der Waals surface area contributed by atoms with Crippen LogP contribution in [0.25, 0.3) is 0 Å². The number of halogens is 2. The molecule has 4 heteroatoms. The highest BCUT2D eigenvalue weighted by molar-refractivity contribution is 6.07. The van der Waals surface area contributed by atoms with Crippen LogP contribution in [0, 0.1) is 0 Å². The van der Waals surface area contributed by atoms with Gasteiger partial charge < -0.3 is 0 Å². The van der Waals surface area contributed by atoms with Crippen molar-refractivity contribution < 1.29 is 8.58 Å². The fraction of sp³-hybridized carbons (Fsp3) is 1.00. The van der Waals surface area contributed by atoms with Gasteiger partial charge in [-0.3, -0.25) is 8.58 Å². The molecule has 1 saturated carbocycles. The zero-order valence-electron chi connectivity index (χ0n) is 8.97. The van der Waals surface area contributed by atoms with Crippen molar-refractivity contribution in [3.8, 4) is 0 Å². The first-order valence-corrected chi connectivity index (χ1v) is 5.91. The zero-order chi connectivity index (χ0) is 10.8. The van der Waals surface area contributed by atoms with Crippen molar-refractivity contribution in [2.24, 2.45) is 0 Å². The monoisotopic (exact) mass is 242 g/mol. The summed E-state index contributed by atoms with van der Waals surface area (Å²) in [6.45, 7) is 3.94. The molecule has 0 heterocycles. The van der Waals surface area contributed by atoms with Crippen LogP contribution < -0.4 is 0 Å². The van der Waals surface area contributed by atoms with E-state index in [0.717, 1.165) is 19.3 Å². The molecule has 0 bridgehead atoms. The van der Waals surface area contributed by atoms with Crippen LogP contribution in [-0.2, 0) is 8.58 Å². The van der Waals surface area contributed by atoms with Gasteiger partial charge in [-0.2, -0.15) is 0 Å². The van der Waals surface area contributed by atoms with Gasteiger partial charge in [0.15, 0.2) is 0 Å². The molecule has 1 aliphatic rings. The Morgan fingerprint density at radius 1 is 1.21 bits per heavy atom. The smallest absolute Gasteiger partial charge is 0.0790 e. The number of rotatable bonds is 3. The Bertz CT molecular complexity index is 113. The Morgan fingerprint density at radius 2 is 1.79 bits per heavy atom. The van der Waals surface area contributed by atoms with E-state index in [9.17, 15) is 0 Å². The zero-order valence-corrected chi connectivity index (χ0v) is 10.5. The average Bonchev–Trinajstić information content (AvgIpc) is 2.30. The molecule has 2 nitrogen and oxygen atoms in total. The third-order valence-electron chi connectivity index (χ3n) is 2.41. The van der Waals surface area contributed by atoms with Gasteiger partial charge in [0.1, 0.15) is 0 Å². The third kappa shape index (κ3) is 7.86. The van der Waals surface area contributed by atoms with Crippen LogP contribution in [0.2, 0.25) is 0 Å². The van der Waals surface area contributed by atoms with Crippen molar-refractivity contribution in [2.75, 3.05) is 0 Å². The topological polar surface area (TPSA) is 18.5 Å². The molecule has 0 aromatic heterocycles. The predicted octanol–water partition coefficient (Wildman–Crippen LogP) is 4.44. The summed E-state index contributed by atoms with van der Waals surface area (Å²) in [5.41, 5.74) is 0. The summed E-state index contributed by atoms with van der Waals surface area (Å²) >= 11 is 10.1. The van der Waals surface area contributed by atoms with Crippen molar-refractivity contribution in [3.63, 3.8) is 0 Å². The molecule has 0 aliphatic heterocycles. The van der Waals surface area contributed by atoms with Crippen molar-refractivity contribution in [1.29, 1.82) is 0 Å². The van der Waals surface area contributed by atoms with Crippen LogP contribution in [-0.4, -0.2) is 12.2 Å². The molecule has 0 radical (unpaired) electrons. The van der Waals surface area contributed by atoms with Gasteiger partial charge in [-0.1, -0.05) is 26.2 Å². The highest BCUT2D eigenvalue weighted by Crippen LogP contribution is 2.20. The molecule has 1 unspecified atom stereocenters. The maximum absolute atomic E-state index is 5.18. The molecule has 0 aromatic carbocycles. The minimum atomic E-state index is 0.201. The van der Waals surface area contributed by atoms with Gasteiger partial charge in [-0.15, -0.1) is 0 Å². The summed E-state index contributed by atoms with van der Waals surface area (Å²) in [6.07, 6.45) is 7.78. The van der Waals surface area contributed by atoms with E-state index in [-0.39, 0.29) is 6.10 Å². The molecule has 86 valence electrons. The lowest BCUT2D eigenvalue weighted by molar-refractivity contribution is 0.171. The first kappa shape index (κ1) is 14.5. The van der Waals surface area contributed by atoms with E-state index in [4.69, 9.17) is 23.7 Å². The normalized spacial score (nSPS) is 19.7. The van der Waals surface area contributed by atoms with E-state index < -0.39 is 0 Å². The van der Waals surface area contributed by atoms with E-state index in [0.29, 0.717) is 6.10 Å². The van der Waals surface area contributed by atoms with Crippen LogP contribution >= 0.6 is 23.7 Å². The second-order valence-corrected chi connectivity index (χ2v) is 4.01. The molecular weight excluding hydrogens is 223 g/mol. The molecule has 14 heavy (non-hydrogen) atoms.